The summed E-state index contributed by atoms with van der Waals surface area (Å²) in [6.45, 7) is 5.85. The second kappa shape index (κ2) is 4.33. The van der Waals surface area contributed by atoms with Crippen molar-refractivity contribution < 1.29 is 9.00 Å². The van der Waals surface area contributed by atoms with Gasteiger partial charge in [0.05, 0.1) is 27.0 Å². The lowest BCUT2D eigenvalue weighted by Crippen LogP contribution is -2.23. The van der Waals surface area contributed by atoms with Crippen molar-refractivity contribution in [3.8, 4) is 0 Å². The second-order valence-electron chi connectivity index (χ2n) is 4.64. The third kappa shape index (κ3) is 2.66. The Hall–Kier alpha value is -1.23. The van der Waals surface area contributed by atoms with Gasteiger partial charge < -0.3 is 5.73 Å². The SMILES string of the molecule is CS(=O)c1cnc(C(C)(C)C)c(C(N)=O)c1. The Balaban J connectivity index is 3.43. The number of carbonyl (C=O) groups is 1. The molecule has 1 atom stereocenters. The summed E-state index contributed by atoms with van der Waals surface area (Å²) in [5.41, 5.74) is 6.02. The predicted molar refractivity (Wildman–Crippen MR) is 63.8 cm³/mol. The molecule has 1 aromatic rings. The Labute approximate surface area is 97.7 Å². The summed E-state index contributed by atoms with van der Waals surface area (Å²) >= 11 is 0. The first kappa shape index (κ1) is 12.8. The third-order valence-corrected chi connectivity index (χ3v) is 3.06. The summed E-state index contributed by atoms with van der Waals surface area (Å²) in [6.07, 6.45) is 3.07. The number of nitrogens with zero attached hydrogens (tertiary/aromatic N) is 1. The molecule has 0 fully saturated rings. The molecule has 1 heterocycles. The molecule has 1 aromatic heterocycles. The summed E-state index contributed by atoms with van der Waals surface area (Å²) in [5.74, 6) is -0.537. The van der Waals surface area contributed by atoms with Gasteiger partial charge in [-0.25, -0.2) is 0 Å². The molecule has 0 radical (unpaired) electrons. The van der Waals surface area contributed by atoms with Crippen LogP contribution in [-0.2, 0) is 16.2 Å². The molecule has 0 spiro atoms. The Morgan fingerprint density at radius 3 is 2.38 bits per heavy atom. The predicted octanol–water partition coefficient (Wildman–Crippen LogP) is 1.22. The highest BCUT2D eigenvalue weighted by molar-refractivity contribution is 7.84. The highest BCUT2D eigenvalue weighted by Crippen LogP contribution is 2.24. The Kier molecular flexibility index (Phi) is 3.48. The highest BCUT2D eigenvalue weighted by Gasteiger charge is 2.23. The van der Waals surface area contributed by atoms with Gasteiger partial charge in [-0.05, 0) is 6.07 Å². The van der Waals surface area contributed by atoms with Gasteiger partial charge in [0, 0.05) is 17.9 Å². The van der Waals surface area contributed by atoms with Crippen molar-refractivity contribution in [1.82, 2.24) is 4.98 Å². The van der Waals surface area contributed by atoms with Gasteiger partial charge in [-0.15, -0.1) is 0 Å². The first-order chi connectivity index (χ1) is 7.23. The van der Waals surface area contributed by atoms with Crippen molar-refractivity contribution >= 4 is 16.7 Å². The van der Waals surface area contributed by atoms with Crippen LogP contribution in [0.4, 0.5) is 0 Å². The maximum absolute atomic E-state index is 11.3. The van der Waals surface area contributed by atoms with Crippen LogP contribution in [-0.4, -0.2) is 21.4 Å². The summed E-state index contributed by atoms with van der Waals surface area (Å²) in [4.78, 5) is 16.0. The molecule has 0 saturated carbocycles. The molecule has 16 heavy (non-hydrogen) atoms. The number of nitrogens with two attached hydrogens (primary N) is 1. The van der Waals surface area contributed by atoms with Crippen LogP contribution in [0.5, 0.6) is 0 Å². The molecule has 1 rings (SSSR count). The van der Waals surface area contributed by atoms with Crippen molar-refractivity contribution in [3.05, 3.63) is 23.5 Å². The number of hydrogen-bond donors (Lipinski definition) is 1. The molecule has 0 bridgehead atoms. The van der Waals surface area contributed by atoms with Crippen LogP contribution in [0.25, 0.3) is 0 Å². The van der Waals surface area contributed by atoms with Crippen molar-refractivity contribution in [3.63, 3.8) is 0 Å². The topological polar surface area (TPSA) is 73.1 Å². The molecular formula is C11H16N2O2S. The Morgan fingerprint density at radius 1 is 1.44 bits per heavy atom. The number of carbonyl (C=O) groups excluding carboxylic acids is 1. The smallest absolute Gasteiger partial charge is 0.250 e. The second-order valence-corrected chi connectivity index (χ2v) is 6.02. The van der Waals surface area contributed by atoms with Gasteiger partial charge in [0.25, 0.3) is 5.91 Å². The maximum Gasteiger partial charge on any atom is 0.250 e. The van der Waals surface area contributed by atoms with E-state index in [9.17, 15) is 9.00 Å². The van der Waals surface area contributed by atoms with E-state index in [-0.39, 0.29) is 5.41 Å². The van der Waals surface area contributed by atoms with Gasteiger partial charge in [-0.2, -0.15) is 0 Å². The van der Waals surface area contributed by atoms with Crippen molar-refractivity contribution in [1.29, 1.82) is 0 Å². The van der Waals surface area contributed by atoms with Gasteiger partial charge >= 0.3 is 0 Å². The van der Waals surface area contributed by atoms with Crippen molar-refractivity contribution in [2.45, 2.75) is 31.1 Å². The first-order valence-electron chi connectivity index (χ1n) is 4.87. The van der Waals surface area contributed by atoms with Gasteiger partial charge in [0.15, 0.2) is 0 Å². The number of rotatable bonds is 2. The van der Waals surface area contributed by atoms with Crippen LogP contribution in [0.2, 0.25) is 0 Å². The number of primary amides is 1. The van der Waals surface area contributed by atoms with Crippen LogP contribution in [0.1, 0.15) is 36.8 Å². The lowest BCUT2D eigenvalue weighted by atomic mass is 9.88. The zero-order chi connectivity index (χ0) is 12.5. The molecule has 1 amide bonds. The van der Waals surface area contributed by atoms with E-state index in [4.69, 9.17) is 5.73 Å². The van der Waals surface area contributed by atoms with E-state index in [2.05, 4.69) is 4.98 Å². The minimum atomic E-state index is -1.16. The van der Waals surface area contributed by atoms with E-state index in [0.29, 0.717) is 16.2 Å². The van der Waals surface area contributed by atoms with Gasteiger partial charge in [-0.1, -0.05) is 20.8 Å². The van der Waals surface area contributed by atoms with E-state index in [0.717, 1.165) is 0 Å². The maximum atomic E-state index is 11.3. The molecule has 88 valence electrons. The molecule has 5 heteroatoms. The lowest BCUT2D eigenvalue weighted by molar-refractivity contribution is 0.0997. The molecular weight excluding hydrogens is 224 g/mol. The van der Waals surface area contributed by atoms with E-state index in [1.54, 1.807) is 12.3 Å². The zero-order valence-corrected chi connectivity index (χ0v) is 10.7. The molecule has 2 N–H and O–H groups in total. The number of hydrogen-bond acceptors (Lipinski definition) is 3. The standard InChI is InChI=1S/C11H16N2O2S/c1-11(2,3)9-8(10(12)14)5-7(6-13-9)16(4)15/h5-6H,1-4H3,(H2,12,14). The number of amides is 1. The highest BCUT2D eigenvalue weighted by atomic mass is 32.2. The minimum Gasteiger partial charge on any atom is -0.366 e. The third-order valence-electron chi connectivity index (χ3n) is 2.17. The number of aromatic nitrogens is 1. The summed E-state index contributed by atoms with van der Waals surface area (Å²) in [7, 11) is -1.16. The molecule has 0 saturated heterocycles. The zero-order valence-electron chi connectivity index (χ0n) is 9.90. The average molecular weight is 240 g/mol. The Morgan fingerprint density at radius 2 is 2.00 bits per heavy atom. The van der Waals surface area contributed by atoms with Gasteiger partial charge in [0.1, 0.15) is 0 Å². The van der Waals surface area contributed by atoms with E-state index in [1.807, 2.05) is 20.8 Å². The quantitative estimate of drug-likeness (QED) is 0.844. The van der Waals surface area contributed by atoms with Crippen LogP contribution in [0.3, 0.4) is 0 Å². The molecule has 4 nitrogen and oxygen atoms in total. The van der Waals surface area contributed by atoms with Crippen molar-refractivity contribution in [2.24, 2.45) is 5.73 Å². The monoisotopic (exact) mass is 240 g/mol. The lowest BCUT2D eigenvalue weighted by Gasteiger charge is -2.20. The van der Waals surface area contributed by atoms with Crippen LogP contribution < -0.4 is 5.73 Å². The van der Waals surface area contributed by atoms with Crippen LogP contribution >= 0.6 is 0 Å². The van der Waals surface area contributed by atoms with Crippen LogP contribution in [0, 0.1) is 0 Å². The molecule has 0 aliphatic rings. The molecule has 0 aliphatic carbocycles. The molecule has 0 aromatic carbocycles. The molecule has 1 unspecified atom stereocenters. The normalized spacial score (nSPS) is 13.5. The van der Waals surface area contributed by atoms with Crippen molar-refractivity contribution in [2.75, 3.05) is 6.26 Å². The fourth-order valence-electron chi connectivity index (χ4n) is 1.39. The van der Waals surface area contributed by atoms with Gasteiger partial charge in [-0.3, -0.25) is 14.0 Å². The largest absolute Gasteiger partial charge is 0.366 e. The summed E-state index contributed by atoms with van der Waals surface area (Å²) < 4.78 is 11.3. The fraction of sp³-hybridized carbons (Fsp3) is 0.455. The number of pyridine rings is 1. The summed E-state index contributed by atoms with van der Waals surface area (Å²) in [6, 6.07) is 1.56. The Bertz CT molecular complexity index is 450. The molecule has 0 aliphatic heterocycles. The first-order valence-corrected chi connectivity index (χ1v) is 6.43. The van der Waals surface area contributed by atoms with E-state index >= 15 is 0 Å². The van der Waals surface area contributed by atoms with E-state index < -0.39 is 16.7 Å². The van der Waals surface area contributed by atoms with E-state index in [1.165, 1.54) is 6.20 Å². The fourth-order valence-corrected chi connectivity index (χ4v) is 1.87. The average Bonchev–Trinajstić information content (AvgIpc) is 2.15. The summed E-state index contributed by atoms with van der Waals surface area (Å²) in [5, 5.41) is 0. The van der Waals surface area contributed by atoms with Crippen LogP contribution in [0.15, 0.2) is 17.2 Å². The minimum absolute atomic E-state index is 0.266. The van der Waals surface area contributed by atoms with Gasteiger partial charge in [0.2, 0.25) is 0 Å².